The first-order valence-corrected chi connectivity index (χ1v) is 7.41. The number of hydrogen-bond acceptors (Lipinski definition) is 1. The van der Waals surface area contributed by atoms with Gasteiger partial charge in [0.25, 0.3) is 0 Å². The minimum atomic E-state index is 0.541. The van der Waals surface area contributed by atoms with Gasteiger partial charge in [-0.05, 0) is 38.5 Å². The Morgan fingerprint density at radius 3 is 1.93 bits per heavy atom. The Labute approximate surface area is 108 Å². The fourth-order valence-electron chi connectivity index (χ4n) is 2.08. The van der Waals surface area contributed by atoms with Crippen molar-refractivity contribution in [3.63, 3.8) is 0 Å². The van der Waals surface area contributed by atoms with Gasteiger partial charge < -0.3 is 4.74 Å². The van der Waals surface area contributed by atoms with E-state index in [4.69, 9.17) is 4.74 Å². The number of rotatable bonds is 1. The highest BCUT2D eigenvalue weighted by molar-refractivity contribution is 14.1. The maximum atomic E-state index is 5.30. The van der Waals surface area contributed by atoms with Gasteiger partial charge in [-0.2, -0.15) is 0 Å². The predicted octanol–water partition coefficient (Wildman–Crippen LogP) is 4.50. The normalized spacial score (nSPS) is 30.5. The minimum absolute atomic E-state index is 0.541. The van der Waals surface area contributed by atoms with Crippen molar-refractivity contribution in [2.45, 2.75) is 61.4 Å². The monoisotopic (exact) mass is 322 g/mol. The maximum absolute atomic E-state index is 5.30. The summed E-state index contributed by atoms with van der Waals surface area (Å²) in [4.78, 5) is 0. The molecule has 2 aliphatic carbocycles. The van der Waals surface area contributed by atoms with Crippen molar-refractivity contribution in [3.05, 3.63) is 12.2 Å². The molecule has 15 heavy (non-hydrogen) atoms. The van der Waals surface area contributed by atoms with Gasteiger partial charge in [-0.25, -0.2) is 0 Å². The van der Waals surface area contributed by atoms with E-state index in [2.05, 4.69) is 34.7 Å². The molecule has 1 saturated carbocycles. The molecule has 0 aliphatic heterocycles. The van der Waals surface area contributed by atoms with E-state index >= 15 is 0 Å². The van der Waals surface area contributed by atoms with Crippen LogP contribution in [0.4, 0.5) is 0 Å². The minimum Gasteiger partial charge on any atom is -0.380 e. The predicted molar refractivity (Wildman–Crippen MR) is 74.7 cm³/mol. The summed E-state index contributed by atoms with van der Waals surface area (Å²) in [7, 11) is 1.82. The first-order valence-electron chi connectivity index (χ1n) is 6.16. The molecule has 0 saturated heterocycles. The number of allylic oxidation sites excluding steroid dienone is 2. The van der Waals surface area contributed by atoms with E-state index in [1.54, 1.807) is 0 Å². The zero-order valence-electron chi connectivity index (χ0n) is 9.75. The quantitative estimate of drug-likeness (QED) is 0.392. The SMILES string of the molecule is C1=CCCCC1.CO[C@@H]1CCCC[C@H]1I. The Morgan fingerprint density at radius 1 is 1.00 bits per heavy atom. The van der Waals surface area contributed by atoms with Crippen molar-refractivity contribution in [1.82, 2.24) is 0 Å². The number of alkyl halides is 1. The second-order valence-corrected chi connectivity index (χ2v) is 5.93. The van der Waals surface area contributed by atoms with E-state index in [9.17, 15) is 0 Å². The van der Waals surface area contributed by atoms with Crippen LogP contribution in [0.15, 0.2) is 12.2 Å². The summed E-state index contributed by atoms with van der Waals surface area (Å²) in [5, 5.41) is 0. The molecule has 0 amide bonds. The summed E-state index contributed by atoms with van der Waals surface area (Å²) < 4.78 is 6.06. The molecule has 88 valence electrons. The Bertz CT molecular complexity index is 171. The second-order valence-electron chi connectivity index (χ2n) is 4.33. The largest absolute Gasteiger partial charge is 0.380 e. The number of hydrogen-bond donors (Lipinski definition) is 0. The molecule has 0 aromatic rings. The van der Waals surface area contributed by atoms with Crippen LogP contribution in [-0.2, 0) is 4.74 Å². The van der Waals surface area contributed by atoms with Gasteiger partial charge >= 0.3 is 0 Å². The second kappa shape index (κ2) is 8.57. The summed E-state index contributed by atoms with van der Waals surface area (Å²) >= 11 is 2.49. The molecule has 0 radical (unpaired) electrons. The molecule has 2 heteroatoms. The summed E-state index contributed by atoms with van der Waals surface area (Å²) in [6, 6.07) is 0. The van der Waals surface area contributed by atoms with Crippen molar-refractivity contribution in [2.24, 2.45) is 0 Å². The van der Waals surface area contributed by atoms with Crippen molar-refractivity contribution in [2.75, 3.05) is 7.11 Å². The number of methoxy groups -OCH3 is 1. The molecular weight excluding hydrogens is 299 g/mol. The van der Waals surface area contributed by atoms with E-state index in [1.165, 1.54) is 51.4 Å². The van der Waals surface area contributed by atoms with Crippen molar-refractivity contribution in [1.29, 1.82) is 0 Å². The average Bonchev–Trinajstić information content (AvgIpc) is 2.33. The van der Waals surface area contributed by atoms with Gasteiger partial charge in [0, 0.05) is 11.0 Å². The summed E-state index contributed by atoms with van der Waals surface area (Å²) in [6.45, 7) is 0. The molecule has 2 rings (SSSR count). The van der Waals surface area contributed by atoms with E-state index in [-0.39, 0.29) is 0 Å². The first-order chi connectivity index (χ1) is 7.34. The topological polar surface area (TPSA) is 9.23 Å². The van der Waals surface area contributed by atoms with E-state index in [0.29, 0.717) is 6.10 Å². The van der Waals surface area contributed by atoms with E-state index < -0.39 is 0 Å². The highest BCUT2D eigenvalue weighted by Gasteiger charge is 2.21. The molecule has 1 nitrogen and oxygen atoms in total. The van der Waals surface area contributed by atoms with Crippen LogP contribution in [0.2, 0.25) is 0 Å². The van der Waals surface area contributed by atoms with Gasteiger partial charge in [0.2, 0.25) is 0 Å². The van der Waals surface area contributed by atoms with Crippen molar-refractivity contribution < 1.29 is 4.74 Å². The van der Waals surface area contributed by atoms with Crippen LogP contribution < -0.4 is 0 Å². The fraction of sp³-hybridized carbons (Fsp3) is 0.846. The van der Waals surface area contributed by atoms with Gasteiger partial charge in [0.15, 0.2) is 0 Å². The Morgan fingerprint density at radius 2 is 1.60 bits per heavy atom. The zero-order valence-corrected chi connectivity index (χ0v) is 11.9. The standard InChI is InChI=1S/C7H13IO.C6H10/c1-9-7-5-3-2-4-6(7)8;1-2-4-6-5-3-1/h6-7H,2-5H2,1H3;1-2H,3-6H2/t6-,7-;/m1./s1. The Kier molecular flexibility index (Phi) is 7.71. The molecule has 2 atom stereocenters. The lowest BCUT2D eigenvalue weighted by Gasteiger charge is -2.25. The molecule has 0 bridgehead atoms. The van der Waals surface area contributed by atoms with Crippen LogP contribution in [-0.4, -0.2) is 17.1 Å². The molecular formula is C13H23IO. The van der Waals surface area contributed by atoms with Crippen LogP contribution in [0.5, 0.6) is 0 Å². The van der Waals surface area contributed by atoms with Gasteiger partial charge in [-0.3, -0.25) is 0 Å². The summed E-state index contributed by atoms with van der Waals surface area (Å²) in [6.07, 6.45) is 15.9. The lowest BCUT2D eigenvalue weighted by atomic mass is 9.98. The highest BCUT2D eigenvalue weighted by Crippen LogP contribution is 2.26. The Balaban J connectivity index is 0.000000162. The zero-order chi connectivity index (χ0) is 10.9. The molecule has 0 unspecified atom stereocenters. The lowest BCUT2D eigenvalue weighted by Crippen LogP contribution is -2.26. The van der Waals surface area contributed by atoms with Gasteiger partial charge in [0.05, 0.1) is 6.10 Å². The smallest absolute Gasteiger partial charge is 0.0688 e. The lowest BCUT2D eigenvalue weighted by molar-refractivity contribution is 0.0804. The molecule has 0 N–H and O–H groups in total. The van der Waals surface area contributed by atoms with E-state index in [0.717, 1.165) is 3.92 Å². The van der Waals surface area contributed by atoms with Gasteiger partial charge in [0.1, 0.15) is 0 Å². The molecule has 0 heterocycles. The fourth-order valence-corrected chi connectivity index (χ4v) is 3.17. The van der Waals surface area contributed by atoms with E-state index in [1.807, 2.05) is 7.11 Å². The van der Waals surface area contributed by atoms with Crippen LogP contribution in [0, 0.1) is 0 Å². The van der Waals surface area contributed by atoms with Crippen molar-refractivity contribution in [3.8, 4) is 0 Å². The molecule has 0 spiro atoms. The highest BCUT2D eigenvalue weighted by atomic mass is 127. The average molecular weight is 322 g/mol. The first kappa shape index (κ1) is 13.5. The van der Waals surface area contributed by atoms with Crippen LogP contribution >= 0.6 is 22.6 Å². The molecule has 2 aliphatic rings. The maximum Gasteiger partial charge on any atom is 0.0688 e. The Hall–Kier alpha value is 0.430. The molecule has 0 aromatic carbocycles. The third-order valence-electron chi connectivity index (χ3n) is 3.08. The van der Waals surface area contributed by atoms with Crippen LogP contribution in [0.25, 0.3) is 0 Å². The summed E-state index contributed by atoms with van der Waals surface area (Å²) in [5.41, 5.74) is 0. The van der Waals surface area contributed by atoms with Crippen LogP contribution in [0.3, 0.4) is 0 Å². The number of halogens is 1. The third kappa shape index (κ3) is 5.91. The van der Waals surface area contributed by atoms with Gasteiger partial charge in [-0.15, -0.1) is 0 Å². The third-order valence-corrected chi connectivity index (χ3v) is 4.51. The molecule has 0 aromatic heterocycles. The summed E-state index contributed by atoms with van der Waals surface area (Å²) in [5.74, 6) is 0. The van der Waals surface area contributed by atoms with Crippen LogP contribution in [0.1, 0.15) is 51.4 Å². The van der Waals surface area contributed by atoms with Crippen molar-refractivity contribution >= 4 is 22.6 Å². The number of ether oxygens (including phenoxy) is 1. The molecule has 1 fully saturated rings. The van der Waals surface area contributed by atoms with Gasteiger partial charge in [-0.1, -0.05) is 47.6 Å².